The van der Waals surface area contributed by atoms with Gasteiger partial charge in [0.1, 0.15) is 11.5 Å². The number of hydrogen-bond donors (Lipinski definition) is 0. The molecule has 2 nitrogen and oxygen atoms in total. The number of methoxy groups -OCH3 is 2. The first kappa shape index (κ1) is 13.0. The van der Waals surface area contributed by atoms with Gasteiger partial charge in [-0.25, -0.2) is 0 Å². The molecule has 0 bridgehead atoms. The Morgan fingerprint density at radius 3 is 1.88 bits per heavy atom. The summed E-state index contributed by atoms with van der Waals surface area (Å²) in [6.45, 7) is 0. The predicted molar refractivity (Wildman–Crippen MR) is 54.2 cm³/mol. The van der Waals surface area contributed by atoms with Crippen LogP contribution in [0.15, 0.2) is 18.2 Å². The molecule has 0 saturated heterocycles. The first-order valence-corrected chi connectivity index (χ1v) is 4.77. The van der Waals surface area contributed by atoms with Crippen LogP contribution in [0.5, 0.6) is 11.5 Å². The predicted octanol–water partition coefficient (Wildman–Crippen LogP) is 3.55. The normalized spacial score (nSPS) is 13.4. The van der Waals surface area contributed by atoms with Crippen molar-refractivity contribution in [3.8, 4) is 11.5 Å². The highest BCUT2D eigenvalue weighted by atomic mass is 35.5. The molecule has 1 aromatic rings. The van der Waals surface area contributed by atoms with Gasteiger partial charge >= 0.3 is 6.18 Å². The smallest absolute Gasteiger partial charge is 0.409 e. The van der Waals surface area contributed by atoms with E-state index in [0.29, 0.717) is 0 Å². The fraction of sp³-hybridized carbons (Fsp3) is 0.400. The zero-order valence-electron chi connectivity index (χ0n) is 8.64. The van der Waals surface area contributed by atoms with Gasteiger partial charge in [-0.15, -0.1) is 11.6 Å². The highest BCUT2D eigenvalue weighted by molar-refractivity contribution is 6.21. The molecule has 1 aromatic carbocycles. The van der Waals surface area contributed by atoms with Gasteiger partial charge in [0.2, 0.25) is 0 Å². The molecule has 0 heterocycles. The van der Waals surface area contributed by atoms with Crippen LogP contribution in [0.1, 0.15) is 10.9 Å². The van der Waals surface area contributed by atoms with Crippen LogP contribution < -0.4 is 9.47 Å². The maximum Gasteiger partial charge on any atom is 0.409 e. The molecular weight excluding hydrogens is 245 g/mol. The third-order valence-electron chi connectivity index (χ3n) is 2.01. The minimum atomic E-state index is -4.55. The summed E-state index contributed by atoms with van der Waals surface area (Å²) in [5, 5.41) is -2.15. The van der Waals surface area contributed by atoms with Gasteiger partial charge in [-0.3, -0.25) is 0 Å². The number of halogens is 4. The van der Waals surface area contributed by atoms with E-state index in [0.717, 1.165) is 0 Å². The van der Waals surface area contributed by atoms with Crippen molar-refractivity contribution in [2.75, 3.05) is 14.2 Å². The third kappa shape index (κ3) is 2.52. The second kappa shape index (κ2) is 4.82. The molecule has 0 aromatic heterocycles. The lowest BCUT2D eigenvalue weighted by molar-refractivity contribution is -0.132. The summed E-state index contributed by atoms with van der Waals surface area (Å²) in [7, 11) is 2.55. The van der Waals surface area contributed by atoms with Crippen molar-refractivity contribution >= 4 is 11.6 Å². The lowest BCUT2D eigenvalue weighted by Gasteiger charge is -2.19. The molecule has 16 heavy (non-hydrogen) atoms. The minimum Gasteiger partial charge on any atom is -0.496 e. The first-order valence-electron chi connectivity index (χ1n) is 4.33. The Kier molecular flexibility index (Phi) is 3.91. The summed E-state index contributed by atoms with van der Waals surface area (Å²) in [6.07, 6.45) is -4.55. The Morgan fingerprint density at radius 1 is 1.12 bits per heavy atom. The monoisotopic (exact) mass is 254 g/mol. The SMILES string of the molecule is COc1cccc(OC)c1[C@@H](Cl)C(F)(F)F. The summed E-state index contributed by atoms with van der Waals surface area (Å²) in [6, 6.07) is 4.33. The second-order valence-electron chi connectivity index (χ2n) is 2.98. The summed E-state index contributed by atoms with van der Waals surface area (Å²) in [5.41, 5.74) is -0.207. The van der Waals surface area contributed by atoms with Gasteiger partial charge < -0.3 is 9.47 Å². The number of alkyl halides is 4. The number of hydrogen-bond acceptors (Lipinski definition) is 2. The molecule has 0 aliphatic heterocycles. The average molecular weight is 255 g/mol. The largest absolute Gasteiger partial charge is 0.496 e. The molecule has 0 unspecified atom stereocenters. The van der Waals surface area contributed by atoms with Gasteiger partial charge in [-0.05, 0) is 12.1 Å². The average Bonchev–Trinajstić information content (AvgIpc) is 2.25. The van der Waals surface area contributed by atoms with Crippen LogP contribution in [0, 0.1) is 0 Å². The Labute approximate surface area is 95.9 Å². The van der Waals surface area contributed by atoms with E-state index in [9.17, 15) is 13.2 Å². The molecule has 90 valence electrons. The van der Waals surface area contributed by atoms with Crippen molar-refractivity contribution in [3.63, 3.8) is 0 Å². The van der Waals surface area contributed by atoms with Crippen LogP contribution in [0.25, 0.3) is 0 Å². The number of ether oxygens (including phenoxy) is 2. The van der Waals surface area contributed by atoms with Crippen molar-refractivity contribution in [2.45, 2.75) is 11.6 Å². The molecule has 0 N–H and O–H groups in total. The van der Waals surface area contributed by atoms with Gasteiger partial charge in [0.05, 0.1) is 19.8 Å². The van der Waals surface area contributed by atoms with E-state index in [-0.39, 0.29) is 17.1 Å². The molecule has 0 saturated carbocycles. The highest BCUT2D eigenvalue weighted by Crippen LogP contribution is 2.45. The van der Waals surface area contributed by atoms with Gasteiger partial charge in [0.25, 0.3) is 0 Å². The third-order valence-corrected chi connectivity index (χ3v) is 2.47. The maximum absolute atomic E-state index is 12.5. The zero-order valence-corrected chi connectivity index (χ0v) is 9.39. The molecule has 6 heteroatoms. The van der Waals surface area contributed by atoms with Gasteiger partial charge in [-0.2, -0.15) is 13.2 Å². The topological polar surface area (TPSA) is 18.5 Å². The van der Waals surface area contributed by atoms with Crippen LogP contribution in [0.2, 0.25) is 0 Å². The molecular formula is C10H10ClF3O2. The summed E-state index contributed by atoms with van der Waals surface area (Å²) in [4.78, 5) is 0. The number of rotatable bonds is 3. The quantitative estimate of drug-likeness (QED) is 0.768. The Balaban J connectivity index is 3.28. The van der Waals surface area contributed by atoms with Gasteiger partial charge in [0, 0.05) is 0 Å². The molecule has 1 rings (SSSR count). The Hall–Kier alpha value is -1.10. The van der Waals surface area contributed by atoms with Crippen molar-refractivity contribution in [2.24, 2.45) is 0 Å². The van der Waals surface area contributed by atoms with E-state index in [1.54, 1.807) is 0 Å². The van der Waals surface area contributed by atoms with Crippen LogP contribution in [0.3, 0.4) is 0 Å². The molecule has 0 spiro atoms. The zero-order chi connectivity index (χ0) is 12.3. The van der Waals surface area contributed by atoms with Crippen molar-refractivity contribution in [1.82, 2.24) is 0 Å². The fourth-order valence-corrected chi connectivity index (χ4v) is 1.51. The van der Waals surface area contributed by atoms with E-state index in [1.807, 2.05) is 0 Å². The van der Waals surface area contributed by atoms with E-state index in [4.69, 9.17) is 21.1 Å². The molecule has 1 atom stereocenters. The van der Waals surface area contributed by atoms with Crippen LogP contribution >= 0.6 is 11.6 Å². The van der Waals surface area contributed by atoms with Gasteiger partial charge in [-0.1, -0.05) is 6.07 Å². The lowest BCUT2D eigenvalue weighted by atomic mass is 10.1. The van der Waals surface area contributed by atoms with Crippen LogP contribution in [-0.4, -0.2) is 20.4 Å². The van der Waals surface area contributed by atoms with E-state index >= 15 is 0 Å². The minimum absolute atomic E-state index is 0.0525. The van der Waals surface area contributed by atoms with E-state index in [1.165, 1.54) is 32.4 Å². The molecule has 0 aliphatic rings. The van der Waals surface area contributed by atoms with E-state index in [2.05, 4.69) is 0 Å². The van der Waals surface area contributed by atoms with Gasteiger partial charge in [0.15, 0.2) is 5.38 Å². The van der Waals surface area contributed by atoms with Crippen molar-refractivity contribution in [3.05, 3.63) is 23.8 Å². The highest BCUT2D eigenvalue weighted by Gasteiger charge is 2.42. The molecule has 0 aliphatic carbocycles. The summed E-state index contributed by atoms with van der Waals surface area (Å²) in [5.74, 6) is 0.105. The fourth-order valence-electron chi connectivity index (χ4n) is 1.29. The summed E-state index contributed by atoms with van der Waals surface area (Å²) < 4.78 is 47.3. The molecule has 0 radical (unpaired) electrons. The summed E-state index contributed by atoms with van der Waals surface area (Å²) >= 11 is 5.37. The second-order valence-corrected chi connectivity index (χ2v) is 3.42. The van der Waals surface area contributed by atoms with Crippen LogP contribution in [-0.2, 0) is 0 Å². The Bertz CT molecular complexity index is 343. The number of benzene rings is 1. The van der Waals surface area contributed by atoms with Crippen molar-refractivity contribution in [1.29, 1.82) is 0 Å². The molecule has 0 amide bonds. The standard InChI is InChI=1S/C10H10ClF3O2/c1-15-6-4-3-5-7(16-2)8(6)9(11)10(12,13)14/h3-5,9H,1-2H3/t9-/m1/s1. The maximum atomic E-state index is 12.5. The molecule has 0 fully saturated rings. The van der Waals surface area contributed by atoms with Crippen LogP contribution in [0.4, 0.5) is 13.2 Å². The van der Waals surface area contributed by atoms with E-state index < -0.39 is 11.6 Å². The lowest BCUT2D eigenvalue weighted by Crippen LogP contribution is -2.17. The van der Waals surface area contributed by atoms with Crippen molar-refractivity contribution < 1.29 is 22.6 Å². The first-order chi connectivity index (χ1) is 7.41. The Morgan fingerprint density at radius 2 is 1.56 bits per heavy atom.